The molecule has 0 unspecified atom stereocenters. The van der Waals surface area contributed by atoms with E-state index in [4.69, 9.17) is 19.2 Å². The molecule has 0 saturated carbocycles. The number of aromatic nitrogens is 4. The molecule has 0 atom stereocenters. The number of carbonyl (C=O) groups excluding carboxylic acids is 3. The summed E-state index contributed by atoms with van der Waals surface area (Å²) in [5, 5.41) is 0. The average Bonchev–Trinajstić information content (AvgIpc) is 3.28. The van der Waals surface area contributed by atoms with Gasteiger partial charge in [0.25, 0.3) is 5.56 Å². The highest BCUT2D eigenvalue weighted by Gasteiger charge is 2.31. The molecule has 14 heteroatoms. The van der Waals surface area contributed by atoms with Crippen LogP contribution in [0.2, 0.25) is 0 Å². The Hall–Kier alpha value is -4.28. The second-order valence-corrected chi connectivity index (χ2v) is 13.6. The summed E-state index contributed by atoms with van der Waals surface area (Å²) in [4.78, 5) is 73.5. The Balaban J connectivity index is 2.14. The third-order valence-corrected chi connectivity index (χ3v) is 6.60. The van der Waals surface area contributed by atoms with Crippen molar-refractivity contribution in [1.29, 1.82) is 0 Å². The minimum absolute atomic E-state index is 0.0115. The smallest absolute Gasteiger partial charge is 0.410 e. The van der Waals surface area contributed by atoms with Gasteiger partial charge >= 0.3 is 23.7 Å². The van der Waals surface area contributed by atoms with Crippen molar-refractivity contribution >= 4 is 35.1 Å². The number of fused-ring (bicyclic) bond motifs is 1. The van der Waals surface area contributed by atoms with Crippen LogP contribution in [-0.2, 0) is 43.8 Å². The van der Waals surface area contributed by atoms with Crippen LogP contribution in [0.4, 0.5) is 10.7 Å². The van der Waals surface area contributed by atoms with Gasteiger partial charge in [0.1, 0.15) is 5.60 Å². The lowest BCUT2D eigenvalue weighted by atomic mass is 9.97. The van der Waals surface area contributed by atoms with E-state index in [9.17, 15) is 24.0 Å². The molecule has 0 spiro atoms. The summed E-state index contributed by atoms with van der Waals surface area (Å²) in [5.41, 5.74) is -3.95. The first kappa shape index (κ1) is 34.2. The van der Waals surface area contributed by atoms with Crippen LogP contribution in [0, 0.1) is 22.7 Å². The standard InChI is InChI=1S/C30H44N6O8/c1-11-12-13-34-20-21(31-25(34)32-14-16-33(17-15-32)27(41)44-30(8,9)10)35(18-42-23(38)28(2,3)4)26(40)36(22(20)37)19-43-24(39)29(5,6)7/h13-19H2,1-10H3. The zero-order valence-electron chi connectivity index (χ0n) is 27.4. The maximum atomic E-state index is 13.9. The molecule has 0 radical (unpaired) electrons. The number of imidazole rings is 1. The van der Waals surface area contributed by atoms with Gasteiger partial charge < -0.3 is 24.0 Å². The summed E-state index contributed by atoms with van der Waals surface area (Å²) >= 11 is 0. The zero-order chi connectivity index (χ0) is 33.2. The first-order chi connectivity index (χ1) is 20.3. The molecule has 0 aliphatic carbocycles. The maximum Gasteiger partial charge on any atom is 0.410 e. The number of hydrogen-bond acceptors (Lipinski definition) is 10. The third kappa shape index (κ3) is 7.81. The fraction of sp³-hybridized carbons (Fsp3) is 0.667. The van der Waals surface area contributed by atoms with Crippen LogP contribution in [-0.4, -0.2) is 73.4 Å². The Labute approximate surface area is 256 Å². The number of anilines is 1. The van der Waals surface area contributed by atoms with E-state index in [-0.39, 0.29) is 17.7 Å². The Morgan fingerprint density at radius 3 is 1.80 bits per heavy atom. The summed E-state index contributed by atoms with van der Waals surface area (Å²) in [7, 11) is 0. The molecule has 1 amide bonds. The van der Waals surface area contributed by atoms with Gasteiger partial charge in [0.05, 0.1) is 17.4 Å². The summed E-state index contributed by atoms with van der Waals surface area (Å²) < 4.78 is 19.7. The molecule has 1 saturated heterocycles. The van der Waals surface area contributed by atoms with E-state index >= 15 is 0 Å². The first-order valence-electron chi connectivity index (χ1n) is 14.5. The summed E-state index contributed by atoms with van der Waals surface area (Å²) in [6.07, 6.45) is -0.426. The third-order valence-electron chi connectivity index (χ3n) is 6.60. The van der Waals surface area contributed by atoms with Gasteiger partial charge in [-0.05, 0) is 69.2 Å². The average molecular weight is 617 g/mol. The first-order valence-corrected chi connectivity index (χ1v) is 14.5. The summed E-state index contributed by atoms with van der Waals surface area (Å²) in [6.45, 7) is 17.3. The molecule has 0 aromatic carbocycles. The van der Waals surface area contributed by atoms with Crippen molar-refractivity contribution < 1.29 is 28.6 Å². The van der Waals surface area contributed by atoms with E-state index in [1.807, 2.05) is 4.90 Å². The second kappa shape index (κ2) is 12.8. The molecule has 3 rings (SSSR count). The number of hydrogen-bond donors (Lipinski definition) is 0. The highest BCUT2D eigenvalue weighted by atomic mass is 16.6. The number of piperazine rings is 1. The van der Waals surface area contributed by atoms with Gasteiger partial charge in [-0.25, -0.2) is 18.7 Å². The van der Waals surface area contributed by atoms with E-state index < -0.39 is 59.2 Å². The predicted octanol–water partition coefficient (Wildman–Crippen LogP) is 2.53. The minimum Gasteiger partial charge on any atom is -0.444 e. The second-order valence-electron chi connectivity index (χ2n) is 13.6. The lowest BCUT2D eigenvalue weighted by Crippen LogP contribution is -2.50. The van der Waals surface area contributed by atoms with Gasteiger partial charge in [0, 0.05) is 26.2 Å². The molecule has 14 nitrogen and oxygen atoms in total. The topological polar surface area (TPSA) is 147 Å². The molecule has 1 aliphatic rings. The molecule has 3 heterocycles. The molecule has 2 aromatic heterocycles. The van der Waals surface area contributed by atoms with Crippen molar-refractivity contribution in [3.05, 3.63) is 20.8 Å². The predicted molar refractivity (Wildman–Crippen MR) is 163 cm³/mol. The van der Waals surface area contributed by atoms with E-state index in [0.29, 0.717) is 32.1 Å². The van der Waals surface area contributed by atoms with Gasteiger partial charge in [-0.3, -0.25) is 19.0 Å². The number of rotatable bonds is 6. The molecule has 242 valence electrons. The molecular weight excluding hydrogens is 572 g/mol. The fourth-order valence-electron chi connectivity index (χ4n) is 4.15. The van der Waals surface area contributed by atoms with Crippen molar-refractivity contribution in [1.82, 2.24) is 23.6 Å². The molecule has 2 aromatic rings. The van der Waals surface area contributed by atoms with Crippen molar-refractivity contribution in [2.45, 2.75) is 94.8 Å². The number of carbonyl (C=O) groups is 3. The summed E-state index contributed by atoms with van der Waals surface area (Å²) in [5.74, 6) is 4.94. The Morgan fingerprint density at radius 1 is 0.795 bits per heavy atom. The number of amides is 1. The van der Waals surface area contributed by atoms with Gasteiger partial charge in [-0.2, -0.15) is 4.98 Å². The molecule has 1 fully saturated rings. The summed E-state index contributed by atoms with van der Waals surface area (Å²) in [6, 6.07) is 0. The quantitative estimate of drug-likeness (QED) is 0.269. The van der Waals surface area contributed by atoms with Crippen LogP contribution in [0.5, 0.6) is 0 Å². The maximum absolute atomic E-state index is 13.9. The highest BCUT2D eigenvalue weighted by Crippen LogP contribution is 2.23. The van der Waals surface area contributed by atoms with Crippen molar-refractivity contribution in [2.75, 3.05) is 31.1 Å². The van der Waals surface area contributed by atoms with Crippen molar-refractivity contribution in [2.24, 2.45) is 10.8 Å². The van der Waals surface area contributed by atoms with Crippen LogP contribution in [0.3, 0.4) is 0 Å². The van der Waals surface area contributed by atoms with E-state index in [1.54, 1.807) is 78.7 Å². The lowest BCUT2D eigenvalue weighted by Gasteiger charge is -2.36. The van der Waals surface area contributed by atoms with Crippen LogP contribution in [0.1, 0.15) is 69.2 Å². The minimum atomic E-state index is -0.873. The van der Waals surface area contributed by atoms with Gasteiger partial charge in [-0.15, -0.1) is 5.92 Å². The highest BCUT2D eigenvalue weighted by molar-refractivity contribution is 5.77. The fourth-order valence-corrected chi connectivity index (χ4v) is 4.15. The van der Waals surface area contributed by atoms with Crippen molar-refractivity contribution in [3.63, 3.8) is 0 Å². The molecule has 0 N–H and O–H groups in total. The van der Waals surface area contributed by atoms with Crippen LogP contribution in [0.25, 0.3) is 11.2 Å². The Bertz CT molecular complexity index is 1590. The van der Waals surface area contributed by atoms with Crippen molar-refractivity contribution in [3.8, 4) is 11.8 Å². The normalized spacial score (nSPS) is 14.2. The van der Waals surface area contributed by atoms with Gasteiger partial charge in [0.15, 0.2) is 24.6 Å². The van der Waals surface area contributed by atoms with Crippen LogP contribution in [0.15, 0.2) is 9.59 Å². The van der Waals surface area contributed by atoms with Crippen LogP contribution < -0.4 is 16.1 Å². The number of nitrogens with zero attached hydrogens (tertiary/aromatic N) is 6. The van der Waals surface area contributed by atoms with Gasteiger partial charge in [-0.1, -0.05) is 5.92 Å². The number of esters is 2. The number of ether oxygens (including phenoxy) is 3. The van der Waals surface area contributed by atoms with E-state index in [2.05, 4.69) is 11.8 Å². The molecule has 1 aliphatic heterocycles. The van der Waals surface area contributed by atoms with Gasteiger partial charge in [0.2, 0.25) is 5.95 Å². The van der Waals surface area contributed by atoms with Crippen LogP contribution >= 0.6 is 0 Å². The Kier molecular flexibility index (Phi) is 9.92. The van der Waals surface area contributed by atoms with E-state index in [1.165, 1.54) is 0 Å². The molecule has 0 bridgehead atoms. The monoisotopic (exact) mass is 616 g/mol. The molecule has 44 heavy (non-hydrogen) atoms. The Morgan fingerprint density at radius 2 is 1.32 bits per heavy atom. The lowest BCUT2D eigenvalue weighted by molar-refractivity contribution is -0.157. The van der Waals surface area contributed by atoms with E-state index in [0.717, 1.165) is 9.13 Å². The largest absolute Gasteiger partial charge is 0.444 e. The zero-order valence-corrected chi connectivity index (χ0v) is 27.4. The molecular formula is C30H44N6O8. The SMILES string of the molecule is CC#CCn1c(N2CCN(C(=O)OC(C)(C)C)CC2)nc2c1c(=O)n(COC(=O)C(C)(C)C)c(=O)n2COC(=O)C(C)(C)C.